The Morgan fingerprint density at radius 3 is 2.76 bits per heavy atom. The number of aliphatic imine (C=N–C) groups is 1. The summed E-state index contributed by atoms with van der Waals surface area (Å²) < 4.78 is 21.3. The summed E-state index contributed by atoms with van der Waals surface area (Å²) in [6.07, 6.45) is 3.40. The number of benzene rings is 1. The van der Waals surface area contributed by atoms with Crippen molar-refractivity contribution in [3.63, 3.8) is 0 Å². The van der Waals surface area contributed by atoms with Gasteiger partial charge in [0.15, 0.2) is 5.96 Å². The molecule has 0 radical (unpaired) electrons. The number of nitrogens with one attached hydrogen (secondary N) is 2. The molecule has 1 aromatic carbocycles. The fourth-order valence-electron chi connectivity index (χ4n) is 2.28. The van der Waals surface area contributed by atoms with Gasteiger partial charge in [-0.05, 0) is 31.5 Å². The number of halogens is 2. The lowest BCUT2D eigenvalue weighted by molar-refractivity contribution is 0.152. The Hall–Kier alpha value is -1.68. The van der Waals surface area contributed by atoms with E-state index in [0.29, 0.717) is 38.0 Å². The Bertz CT molecular complexity index is 689. The van der Waals surface area contributed by atoms with Crippen molar-refractivity contribution >= 4 is 29.9 Å². The van der Waals surface area contributed by atoms with Crippen LogP contribution in [-0.4, -0.2) is 42.3 Å². The van der Waals surface area contributed by atoms with Crippen LogP contribution in [0, 0.1) is 12.7 Å². The van der Waals surface area contributed by atoms with Crippen LogP contribution >= 0.6 is 24.0 Å². The highest BCUT2D eigenvalue weighted by atomic mass is 127. The van der Waals surface area contributed by atoms with Gasteiger partial charge >= 0.3 is 0 Å². The van der Waals surface area contributed by atoms with E-state index in [1.165, 1.54) is 6.07 Å². The van der Waals surface area contributed by atoms with E-state index in [1.54, 1.807) is 30.1 Å². The second kappa shape index (κ2) is 11.0. The standard InChI is InChI=1S/C17H24FN5O.HI/c1-4-24-10-8-21-17(19-3)22-12-14-5-6-16(15(18)11-14)23-9-7-20-13(23)2;/h5-7,9,11H,4,8,10,12H2,1-3H3,(H2,19,21,22);1H. The van der Waals surface area contributed by atoms with E-state index in [4.69, 9.17) is 4.74 Å². The Morgan fingerprint density at radius 2 is 2.16 bits per heavy atom. The summed E-state index contributed by atoms with van der Waals surface area (Å²) >= 11 is 0. The zero-order valence-corrected chi connectivity index (χ0v) is 17.1. The van der Waals surface area contributed by atoms with E-state index < -0.39 is 0 Å². The number of rotatable bonds is 7. The Morgan fingerprint density at radius 1 is 1.36 bits per heavy atom. The molecule has 0 aliphatic heterocycles. The van der Waals surface area contributed by atoms with Gasteiger partial charge in [0.25, 0.3) is 0 Å². The quantitative estimate of drug-likeness (QED) is 0.288. The highest BCUT2D eigenvalue weighted by Gasteiger charge is 2.08. The molecule has 2 rings (SSSR count). The van der Waals surface area contributed by atoms with Gasteiger partial charge < -0.3 is 19.9 Å². The first-order valence-electron chi connectivity index (χ1n) is 7.96. The molecule has 0 bridgehead atoms. The minimum absolute atomic E-state index is 0. The van der Waals surface area contributed by atoms with Crippen LogP contribution in [0.5, 0.6) is 0 Å². The van der Waals surface area contributed by atoms with Crippen molar-refractivity contribution in [3.8, 4) is 5.69 Å². The highest BCUT2D eigenvalue weighted by Crippen LogP contribution is 2.16. The summed E-state index contributed by atoms with van der Waals surface area (Å²) in [5, 5.41) is 6.29. The third-order valence-corrected chi connectivity index (χ3v) is 3.52. The lowest BCUT2D eigenvalue weighted by Gasteiger charge is -2.13. The van der Waals surface area contributed by atoms with E-state index in [9.17, 15) is 4.39 Å². The van der Waals surface area contributed by atoms with E-state index in [0.717, 1.165) is 11.4 Å². The van der Waals surface area contributed by atoms with Crippen molar-refractivity contribution in [3.05, 3.63) is 47.8 Å². The zero-order valence-electron chi connectivity index (χ0n) is 14.8. The average Bonchev–Trinajstić information content (AvgIpc) is 3.00. The molecule has 0 amide bonds. The highest BCUT2D eigenvalue weighted by molar-refractivity contribution is 14.0. The maximum atomic E-state index is 14.3. The van der Waals surface area contributed by atoms with Crippen LogP contribution in [0.25, 0.3) is 5.69 Å². The molecule has 0 aliphatic carbocycles. The van der Waals surface area contributed by atoms with Crippen LogP contribution in [0.15, 0.2) is 35.6 Å². The van der Waals surface area contributed by atoms with Crippen LogP contribution in [0.2, 0.25) is 0 Å². The molecule has 8 heteroatoms. The topological polar surface area (TPSA) is 63.5 Å². The number of aromatic nitrogens is 2. The zero-order chi connectivity index (χ0) is 17.4. The smallest absolute Gasteiger partial charge is 0.191 e. The summed E-state index contributed by atoms with van der Waals surface area (Å²) in [7, 11) is 1.70. The maximum absolute atomic E-state index is 14.3. The first-order valence-corrected chi connectivity index (χ1v) is 7.96. The molecule has 0 saturated heterocycles. The lowest BCUT2D eigenvalue weighted by atomic mass is 10.2. The van der Waals surface area contributed by atoms with E-state index in [-0.39, 0.29) is 29.8 Å². The van der Waals surface area contributed by atoms with Crippen molar-refractivity contribution in [2.24, 2.45) is 4.99 Å². The number of imidazole rings is 1. The number of hydrogen-bond acceptors (Lipinski definition) is 3. The third-order valence-electron chi connectivity index (χ3n) is 3.52. The summed E-state index contributed by atoms with van der Waals surface area (Å²) in [6, 6.07) is 5.17. The predicted octanol–water partition coefficient (Wildman–Crippen LogP) is 2.64. The minimum atomic E-state index is -0.283. The molecular formula is C17H25FIN5O. The molecule has 0 spiro atoms. The van der Waals surface area contributed by atoms with Gasteiger partial charge in [0.1, 0.15) is 11.6 Å². The molecule has 6 nitrogen and oxygen atoms in total. The van der Waals surface area contributed by atoms with Gasteiger partial charge in [0.05, 0.1) is 12.3 Å². The summed E-state index contributed by atoms with van der Waals surface area (Å²) in [6.45, 7) is 6.25. The Balaban J connectivity index is 0.00000312. The molecule has 0 saturated carbocycles. The van der Waals surface area contributed by atoms with E-state index >= 15 is 0 Å². The average molecular weight is 461 g/mol. The molecule has 138 valence electrons. The van der Waals surface area contributed by atoms with Gasteiger partial charge in [-0.1, -0.05) is 6.07 Å². The van der Waals surface area contributed by atoms with Crippen LogP contribution in [0.3, 0.4) is 0 Å². The van der Waals surface area contributed by atoms with Crippen molar-refractivity contribution in [2.45, 2.75) is 20.4 Å². The Kier molecular flexibility index (Phi) is 9.43. The molecule has 1 aromatic heterocycles. The largest absolute Gasteiger partial charge is 0.380 e. The van der Waals surface area contributed by atoms with Gasteiger partial charge in [-0.3, -0.25) is 4.99 Å². The third kappa shape index (κ3) is 6.28. The van der Waals surface area contributed by atoms with Crippen molar-refractivity contribution in [2.75, 3.05) is 26.8 Å². The van der Waals surface area contributed by atoms with Gasteiger partial charge in [0, 0.05) is 39.1 Å². The monoisotopic (exact) mass is 461 g/mol. The molecule has 0 fully saturated rings. The lowest BCUT2D eigenvalue weighted by Crippen LogP contribution is -2.38. The number of ether oxygens (including phenoxy) is 1. The summed E-state index contributed by atoms with van der Waals surface area (Å²) in [4.78, 5) is 8.24. The maximum Gasteiger partial charge on any atom is 0.191 e. The second-order valence-corrected chi connectivity index (χ2v) is 5.18. The molecule has 1 heterocycles. The van der Waals surface area contributed by atoms with Gasteiger partial charge in [-0.25, -0.2) is 9.37 Å². The summed E-state index contributed by atoms with van der Waals surface area (Å²) in [5.74, 6) is 1.12. The second-order valence-electron chi connectivity index (χ2n) is 5.18. The van der Waals surface area contributed by atoms with Crippen molar-refractivity contribution < 1.29 is 9.13 Å². The SMILES string of the molecule is CCOCCNC(=NC)NCc1ccc(-n2ccnc2C)c(F)c1.I. The fraction of sp³-hybridized carbons (Fsp3) is 0.412. The molecule has 0 aliphatic rings. The van der Waals surface area contributed by atoms with Gasteiger partial charge in [-0.2, -0.15) is 0 Å². The summed E-state index contributed by atoms with van der Waals surface area (Å²) in [5.41, 5.74) is 1.33. The molecular weight excluding hydrogens is 436 g/mol. The minimum Gasteiger partial charge on any atom is -0.380 e. The van der Waals surface area contributed by atoms with Crippen LogP contribution in [-0.2, 0) is 11.3 Å². The predicted molar refractivity (Wildman–Crippen MR) is 108 cm³/mol. The van der Waals surface area contributed by atoms with Crippen LogP contribution in [0.4, 0.5) is 4.39 Å². The van der Waals surface area contributed by atoms with Crippen LogP contribution < -0.4 is 10.6 Å². The first kappa shape index (κ1) is 21.4. The number of aryl methyl sites for hydroxylation is 1. The molecule has 25 heavy (non-hydrogen) atoms. The first-order chi connectivity index (χ1) is 11.7. The number of guanidine groups is 1. The van der Waals surface area contributed by atoms with Gasteiger partial charge in [0.2, 0.25) is 0 Å². The molecule has 2 aromatic rings. The Labute approximate surface area is 164 Å². The van der Waals surface area contributed by atoms with Crippen molar-refractivity contribution in [1.29, 1.82) is 0 Å². The molecule has 2 N–H and O–H groups in total. The van der Waals surface area contributed by atoms with E-state index in [1.807, 2.05) is 19.9 Å². The fourth-order valence-corrected chi connectivity index (χ4v) is 2.28. The van der Waals surface area contributed by atoms with Crippen molar-refractivity contribution in [1.82, 2.24) is 20.2 Å². The number of hydrogen-bond donors (Lipinski definition) is 2. The van der Waals surface area contributed by atoms with E-state index in [2.05, 4.69) is 20.6 Å². The van der Waals surface area contributed by atoms with Crippen LogP contribution in [0.1, 0.15) is 18.3 Å². The molecule has 0 unspecified atom stereocenters. The molecule has 0 atom stereocenters. The normalized spacial score (nSPS) is 11.1. The van der Waals surface area contributed by atoms with Gasteiger partial charge in [-0.15, -0.1) is 24.0 Å². The number of nitrogens with zero attached hydrogens (tertiary/aromatic N) is 3.